The van der Waals surface area contributed by atoms with Gasteiger partial charge in [-0.05, 0) is 17.3 Å². The van der Waals surface area contributed by atoms with Gasteiger partial charge in [-0.3, -0.25) is 9.59 Å². The fraction of sp³-hybridized carbons (Fsp3) is 0.357. The van der Waals surface area contributed by atoms with Crippen LogP contribution in [0.4, 0.5) is 4.48 Å². The first-order chi connectivity index (χ1) is 10.4. The van der Waals surface area contributed by atoms with E-state index in [1.165, 1.54) is 17.9 Å². The molecule has 1 aliphatic heterocycles. The monoisotopic (exact) mass is 327 g/mol. The molecule has 0 aromatic rings. The number of carbonyl (C=O) groups is 2. The summed E-state index contributed by atoms with van der Waals surface area (Å²) in [4.78, 5) is 25.5. The second-order valence-electron chi connectivity index (χ2n) is 4.44. The number of rotatable bonds is 4. The van der Waals surface area contributed by atoms with E-state index in [1.54, 1.807) is 0 Å². The van der Waals surface area contributed by atoms with Crippen LogP contribution in [0, 0.1) is 0 Å². The highest BCUT2D eigenvalue weighted by Gasteiger charge is 2.31. The van der Waals surface area contributed by atoms with Gasteiger partial charge in [-0.1, -0.05) is 35.5 Å². The van der Waals surface area contributed by atoms with E-state index in [-0.39, 0.29) is 17.7 Å². The minimum absolute atomic E-state index is 0.0515. The lowest BCUT2D eigenvalue weighted by Crippen LogP contribution is -2.55. The third-order valence-corrected chi connectivity index (χ3v) is 3.84. The summed E-state index contributed by atoms with van der Waals surface area (Å²) in [5, 5.41) is 4.55. The molecule has 6 nitrogen and oxygen atoms in total. The molecule has 0 saturated carbocycles. The Morgan fingerprint density at radius 3 is 2.73 bits per heavy atom. The van der Waals surface area contributed by atoms with Gasteiger partial charge in [0.05, 0.1) is 13.2 Å². The summed E-state index contributed by atoms with van der Waals surface area (Å²) < 4.78 is 17.9. The normalized spacial score (nSPS) is 18.5. The molecule has 22 heavy (non-hydrogen) atoms. The maximum Gasteiger partial charge on any atom is 0.251 e. The van der Waals surface area contributed by atoms with E-state index in [4.69, 9.17) is 4.74 Å². The molecule has 1 aliphatic rings. The Balaban J connectivity index is 2.72. The molecule has 1 rings (SSSR count). The van der Waals surface area contributed by atoms with Gasteiger partial charge in [-0.25, -0.2) is 0 Å². The number of allylic oxidation sites excluding steroid dienone is 2. The standard InChI is InChI=1S/C14H18FN3O3S/c1-5-9(2)10(3)22-14(17-15)16-13(20)12-8-21-7-6-18(12)11(4)19/h5,12H,1-3,6-8H2,4H3,(H,16,17,20)/t12-/m1/s1. The topological polar surface area (TPSA) is 71.0 Å². The van der Waals surface area contributed by atoms with Crippen molar-refractivity contribution < 1.29 is 18.8 Å². The van der Waals surface area contributed by atoms with E-state index in [0.29, 0.717) is 23.6 Å². The first-order valence-electron chi connectivity index (χ1n) is 6.44. The summed E-state index contributed by atoms with van der Waals surface area (Å²) in [6.45, 7) is 12.9. The summed E-state index contributed by atoms with van der Waals surface area (Å²) in [6, 6.07) is -0.820. The summed E-state index contributed by atoms with van der Waals surface area (Å²) in [6.07, 6.45) is 1.46. The zero-order chi connectivity index (χ0) is 16.7. The van der Waals surface area contributed by atoms with Crippen LogP contribution in [0.25, 0.3) is 0 Å². The van der Waals surface area contributed by atoms with E-state index in [2.05, 4.69) is 30.3 Å². The van der Waals surface area contributed by atoms with Crippen molar-refractivity contribution in [3.05, 3.63) is 36.3 Å². The molecule has 0 bridgehead atoms. The molecule has 1 saturated heterocycles. The van der Waals surface area contributed by atoms with Crippen LogP contribution in [0.5, 0.6) is 0 Å². The lowest BCUT2D eigenvalue weighted by molar-refractivity contribution is -0.146. The third-order valence-electron chi connectivity index (χ3n) is 2.97. The molecule has 0 unspecified atom stereocenters. The molecule has 0 aliphatic carbocycles. The largest absolute Gasteiger partial charge is 0.377 e. The number of ether oxygens (including phenoxy) is 1. The summed E-state index contributed by atoms with van der Waals surface area (Å²) >= 11 is 0.813. The van der Waals surface area contributed by atoms with Crippen molar-refractivity contribution in [1.82, 2.24) is 10.2 Å². The SMILES string of the molecule is C=CC(=C)C(=C)S/C(=N\F)NC(=O)[C@H]1COCCN1C(C)=O. The number of amidine groups is 1. The highest BCUT2D eigenvalue weighted by Crippen LogP contribution is 2.22. The number of carbonyl (C=O) groups excluding carboxylic acids is 2. The van der Waals surface area contributed by atoms with Crippen molar-refractivity contribution in [3.63, 3.8) is 0 Å². The van der Waals surface area contributed by atoms with Crippen molar-refractivity contribution in [3.8, 4) is 0 Å². The number of nitrogens with zero attached hydrogens (tertiary/aromatic N) is 2. The molecule has 120 valence electrons. The molecule has 1 N–H and O–H groups in total. The first kappa shape index (κ1) is 18.1. The predicted molar refractivity (Wildman–Crippen MR) is 84.7 cm³/mol. The van der Waals surface area contributed by atoms with E-state index < -0.39 is 11.9 Å². The molecule has 1 fully saturated rings. The zero-order valence-corrected chi connectivity index (χ0v) is 13.1. The Hall–Kier alpha value is -1.93. The third kappa shape index (κ3) is 4.81. The van der Waals surface area contributed by atoms with E-state index in [9.17, 15) is 14.1 Å². The molecule has 1 heterocycles. The van der Waals surface area contributed by atoms with Gasteiger partial charge in [0.1, 0.15) is 6.04 Å². The second kappa shape index (κ2) is 8.50. The van der Waals surface area contributed by atoms with Gasteiger partial charge >= 0.3 is 0 Å². The minimum Gasteiger partial charge on any atom is -0.377 e. The maximum atomic E-state index is 12.7. The van der Waals surface area contributed by atoms with Crippen molar-refractivity contribution in [2.24, 2.45) is 5.21 Å². The second-order valence-corrected chi connectivity index (χ2v) is 5.52. The molecule has 1 atom stereocenters. The van der Waals surface area contributed by atoms with Gasteiger partial charge in [0, 0.05) is 18.4 Å². The van der Waals surface area contributed by atoms with Gasteiger partial charge in [-0.15, -0.1) is 0 Å². The number of halogens is 1. The summed E-state index contributed by atoms with van der Waals surface area (Å²) in [5.41, 5.74) is 0.492. The fourth-order valence-corrected chi connectivity index (χ4v) is 2.38. The number of nitrogens with one attached hydrogen (secondary N) is 1. The number of amides is 2. The van der Waals surface area contributed by atoms with Crippen molar-refractivity contribution in [2.75, 3.05) is 19.8 Å². The molecule has 0 aromatic heterocycles. The maximum absolute atomic E-state index is 12.7. The molecular formula is C14H18FN3O3S. The molecule has 2 amide bonds. The van der Waals surface area contributed by atoms with Crippen molar-refractivity contribution >= 4 is 28.7 Å². The number of thioether (sulfide) groups is 1. The van der Waals surface area contributed by atoms with Crippen LogP contribution in [0.2, 0.25) is 0 Å². The average molecular weight is 327 g/mol. The molecular weight excluding hydrogens is 309 g/mol. The van der Waals surface area contributed by atoms with Crippen LogP contribution in [0.15, 0.2) is 41.5 Å². The fourth-order valence-electron chi connectivity index (χ4n) is 1.75. The minimum atomic E-state index is -0.820. The lowest BCUT2D eigenvalue weighted by atomic mass is 10.2. The van der Waals surface area contributed by atoms with Gasteiger partial charge in [-0.2, -0.15) is 0 Å². The van der Waals surface area contributed by atoms with Gasteiger partial charge in [0.2, 0.25) is 11.1 Å². The Morgan fingerprint density at radius 1 is 1.50 bits per heavy atom. The summed E-state index contributed by atoms with van der Waals surface area (Å²) in [7, 11) is 0. The van der Waals surface area contributed by atoms with E-state index >= 15 is 0 Å². The van der Waals surface area contributed by atoms with Crippen LogP contribution >= 0.6 is 11.8 Å². The number of hydrogen-bond donors (Lipinski definition) is 1. The number of morpholine rings is 1. The highest BCUT2D eigenvalue weighted by molar-refractivity contribution is 8.17. The zero-order valence-electron chi connectivity index (χ0n) is 12.3. The van der Waals surface area contributed by atoms with Crippen LogP contribution in [0.1, 0.15) is 6.92 Å². The van der Waals surface area contributed by atoms with Crippen LogP contribution in [-0.2, 0) is 14.3 Å². The van der Waals surface area contributed by atoms with E-state index in [1.807, 2.05) is 0 Å². The van der Waals surface area contributed by atoms with Crippen molar-refractivity contribution in [2.45, 2.75) is 13.0 Å². The Labute approximate surface area is 132 Å². The van der Waals surface area contributed by atoms with E-state index in [0.717, 1.165) is 11.8 Å². The molecule has 0 spiro atoms. The summed E-state index contributed by atoms with van der Waals surface area (Å²) in [5.74, 6) is -0.824. The van der Waals surface area contributed by atoms with Gasteiger partial charge in [0.15, 0.2) is 0 Å². The highest BCUT2D eigenvalue weighted by atomic mass is 32.2. The number of hydrogen-bond acceptors (Lipinski definition) is 5. The van der Waals surface area contributed by atoms with Crippen LogP contribution in [-0.4, -0.2) is 47.7 Å². The van der Waals surface area contributed by atoms with Gasteiger partial charge < -0.3 is 15.0 Å². The Kier molecular flexibility index (Phi) is 7.00. The van der Waals surface area contributed by atoms with Crippen LogP contribution in [0.3, 0.4) is 0 Å². The lowest BCUT2D eigenvalue weighted by Gasteiger charge is -2.33. The predicted octanol–water partition coefficient (Wildman–Crippen LogP) is 1.58. The Morgan fingerprint density at radius 2 is 2.18 bits per heavy atom. The quantitative estimate of drug-likeness (QED) is 0.483. The average Bonchev–Trinajstić information content (AvgIpc) is 2.52. The molecule has 8 heteroatoms. The van der Waals surface area contributed by atoms with Crippen molar-refractivity contribution in [1.29, 1.82) is 0 Å². The Bertz CT molecular complexity index is 533. The van der Waals surface area contributed by atoms with Crippen LogP contribution < -0.4 is 5.32 Å². The van der Waals surface area contributed by atoms with Gasteiger partial charge in [0.25, 0.3) is 5.91 Å². The molecule has 0 aromatic carbocycles. The smallest absolute Gasteiger partial charge is 0.251 e. The first-order valence-corrected chi connectivity index (χ1v) is 7.25. The molecule has 0 radical (unpaired) electrons.